The number of likely N-dealkylation sites (tertiary alicyclic amines) is 2. The molecule has 1 N–H and O–H groups in total. The highest BCUT2D eigenvalue weighted by Gasteiger charge is 2.58. The molecule has 2 saturated heterocycles. The van der Waals surface area contributed by atoms with E-state index in [1.165, 1.54) is 10.5 Å². The van der Waals surface area contributed by atoms with E-state index >= 15 is 0 Å². The Morgan fingerprint density at radius 2 is 2.08 bits per heavy atom. The molecule has 0 unspecified atom stereocenters. The summed E-state index contributed by atoms with van der Waals surface area (Å²) in [6, 6.07) is 8.44. The van der Waals surface area contributed by atoms with E-state index in [9.17, 15) is 14.7 Å². The number of hydrogen-bond donors (Lipinski definition) is 1. The van der Waals surface area contributed by atoms with Gasteiger partial charge in [0, 0.05) is 49.5 Å². The minimum absolute atomic E-state index is 0.0350. The van der Waals surface area contributed by atoms with Crippen LogP contribution < -0.4 is 0 Å². The maximum atomic E-state index is 12.6. The average Bonchev–Trinajstić information content (AvgIpc) is 3.08. The molecule has 0 aromatic heterocycles. The number of nitrogens with zero attached hydrogens (tertiary/aromatic N) is 2. The van der Waals surface area contributed by atoms with E-state index in [-0.39, 0.29) is 17.7 Å². The molecule has 1 aliphatic carbocycles. The number of thioether (sulfide) groups is 1. The third kappa shape index (κ3) is 3.03. The van der Waals surface area contributed by atoms with E-state index in [1.54, 1.807) is 11.8 Å². The first kappa shape index (κ1) is 17.9. The van der Waals surface area contributed by atoms with Crippen molar-refractivity contribution in [3.05, 3.63) is 29.8 Å². The number of carbonyl (C=O) groups excluding carboxylic acids is 1. The van der Waals surface area contributed by atoms with Crippen molar-refractivity contribution in [1.82, 2.24) is 9.80 Å². The summed E-state index contributed by atoms with van der Waals surface area (Å²) in [6.07, 6.45) is 5.13. The molecule has 1 aromatic carbocycles. The second-order valence-electron chi connectivity index (χ2n) is 8.03. The third-order valence-electron chi connectivity index (χ3n) is 6.41. The van der Waals surface area contributed by atoms with Crippen LogP contribution in [0.1, 0.15) is 24.8 Å². The lowest BCUT2D eigenvalue weighted by Crippen LogP contribution is -2.44. The van der Waals surface area contributed by atoms with E-state index in [2.05, 4.69) is 35.4 Å². The van der Waals surface area contributed by atoms with Crippen LogP contribution in [0, 0.1) is 17.3 Å². The minimum atomic E-state index is -0.795. The average molecular weight is 375 g/mol. The van der Waals surface area contributed by atoms with Crippen molar-refractivity contribution in [3.63, 3.8) is 0 Å². The van der Waals surface area contributed by atoms with E-state index in [0.29, 0.717) is 19.6 Å². The zero-order valence-electron chi connectivity index (χ0n) is 15.2. The Morgan fingerprint density at radius 1 is 1.27 bits per heavy atom. The number of benzene rings is 1. The zero-order valence-corrected chi connectivity index (χ0v) is 16.0. The van der Waals surface area contributed by atoms with Crippen LogP contribution in [-0.2, 0) is 16.1 Å². The van der Waals surface area contributed by atoms with Gasteiger partial charge in [0.25, 0.3) is 0 Å². The van der Waals surface area contributed by atoms with Crippen molar-refractivity contribution in [2.45, 2.75) is 30.7 Å². The number of carbonyl (C=O) groups is 2. The quantitative estimate of drug-likeness (QED) is 0.803. The van der Waals surface area contributed by atoms with E-state index in [4.69, 9.17) is 0 Å². The second kappa shape index (κ2) is 6.89. The van der Waals surface area contributed by atoms with Crippen LogP contribution in [0.2, 0.25) is 0 Å². The van der Waals surface area contributed by atoms with Crippen LogP contribution in [0.5, 0.6) is 0 Å². The van der Waals surface area contributed by atoms with Crippen LogP contribution in [-0.4, -0.2) is 59.2 Å². The molecule has 0 spiro atoms. The molecule has 2 aliphatic heterocycles. The summed E-state index contributed by atoms with van der Waals surface area (Å²) in [5.74, 6) is -0.380. The van der Waals surface area contributed by atoms with Crippen LogP contribution >= 0.6 is 11.8 Å². The first-order valence-electron chi connectivity index (χ1n) is 9.39. The molecular weight excluding hydrogens is 348 g/mol. The molecule has 5 nitrogen and oxygen atoms in total. The van der Waals surface area contributed by atoms with Gasteiger partial charge in [-0.2, -0.15) is 0 Å². The molecule has 1 amide bonds. The van der Waals surface area contributed by atoms with Crippen molar-refractivity contribution in [2.75, 3.05) is 32.4 Å². The summed E-state index contributed by atoms with van der Waals surface area (Å²) in [5, 5.41) is 9.98. The lowest BCUT2D eigenvalue weighted by molar-refractivity contribution is -0.149. The highest BCUT2D eigenvalue weighted by Crippen LogP contribution is 2.44. The third-order valence-corrected chi connectivity index (χ3v) is 7.14. The number of hydrogen-bond acceptors (Lipinski definition) is 4. The Morgan fingerprint density at radius 3 is 2.69 bits per heavy atom. The van der Waals surface area contributed by atoms with Gasteiger partial charge in [0.05, 0.1) is 0 Å². The fourth-order valence-electron chi connectivity index (χ4n) is 4.70. The van der Waals surface area contributed by atoms with Crippen LogP contribution in [0.15, 0.2) is 29.2 Å². The summed E-state index contributed by atoms with van der Waals surface area (Å²) < 4.78 is 0. The Kier molecular flexibility index (Phi) is 4.73. The minimum Gasteiger partial charge on any atom is -0.481 e. The molecule has 1 saturated carbocycles. The molecule has 0 radical (unpaired) electrons. The molecule has 3 aliphatic rings. The van der Waals surface area contributed by atoms with Crippen molar-refractivity contribution in [2.24, 2.45) is 17.3 Å². The summed E-state index contributed by atoms with van der Waals surface area (Å²) in [7, 11) is 0. The van der Waals surface area contributed by atoms with Gasteiger partial charge in [0.2, 0.25) is 5.91 Å². The molecule has 26 heavy (non-hydrogen) atoms. The lowest BCUT2D eigenvalue weighted by Gasteiger charge is -2.31. The van der Waals surface area contributed by atoms with Gasteiger partial charge in [-0.05, 0) is 36.8 Å². The van der Waals surface area contributed by atoms with E-state index in [1.807, 2.05) is 4.90 Å². The monoisotopic (exact) mass is 374 g/mol. The molecule has 2 atom stereocenters. The predicted octanol–water partition coefficient (Wildman–Crippen LogP) is 2.55. The van der Waals surface area contributed by atoms with Gasteiger partial charge in [-0.1, -0.05) is 18.6 Å². The van der Waals surface area contributed by atoms with Crippen LogP contribution in [0.4, 0.5) is 0 Å². The second-order valence-corrected chi connectivity index (χ2v) is 8.91. The lowest BCUT2D eigenvalue weighted by atomic mass is 9.81. The van der Waals surface area contributed by atoms with Gasteiger partial charge in [-0.25, -0.2) is 0 Å². The number of carboxylic acid groups (broad SMARTS) is 1. The van der Waals surface area contributed by atoms with Crippen molar-refractivity contribution < 1.29 is 14.7 Å². The van der Waals surface area contributed by atoms with Gasteiger partial charge in [0.1, 0.15) is 5.41 Å². The molecule has 4 rings (SSSR count). The Balaban J connectivity index is 1.46. The zero-order chi connectivity index (χ0) is 18.3. The Bertz CT molecular complexity index is 721. The molecule has 2 heterocycles. The van der Waals surface area contributed by atoms with Gasteiger partial charge >= 0.3 is 5.97 Å². The molecular formula is C20H26N2O3S. The fourth-order valence-corrected chi connectivity index (χ4v) is 5.19. The van der Waals surface area contributed by atoms with Gasteiger partial charge in [-0.3, -0.25) is 14.5 Å². The molecule has 0 bridgehead atoms. The number of rotatable bonds is 5. The molecule has 140 valence electrons. The van der Waals surface area contributed by atoms with E-state index in [0.717, 1.165) is 32.4 Å². The van der Waals surface area contributed by atoms with Crippen LogP contribution in [0.3, 0.4) is 0 Å². The summed E-state index contributed by atoms with van der Waals surface area (Å²) in [4.78, 5) is 30.1. The van der Waals surface area contributed by atoms with Crippen molar-refractivity contribution in [1.29, 1.82) is 0 Å². The molecule has 3 fully saturated rings. The Labute approximate surface area is 158 Å². The summed E-state index contributed by atoms with van der Waals surface area (Å²) in [5.41, 5.74) is 0.427. The number of carboxylic acids is 1. The normalized spacial score (nSPS) is 28.8. The highest BCUT2D eigenvalue weighted by molar-refractivity contribution is 7.98. The first-order valence-corrected chi connectivity index (χ1v) is 10.6. The number of amides is 1. The van der Waals surface area contributed by atoms with E-state index < -0.39 is 11.4 Å². The van der Waals surface area contributed by atoms with Crippen molar-refractivity contribution in [3.8, 4) is 0 Å². The maximum Gasteiger partial charge on any atom is 0.313 e. The number of fused-ring (bicyclic) bond motifs is 1. The summed E-state index contributed by atoms with van der Waals surface area (Å²) in [6.45, 7) is 3.04. The fraction of sp³-hybridized carbons (Fsp3) is 0.600. The first-order chi connectivity index (χ1) is 12.5. The summed E-state index contributed by atoms with van der Waals surface area (Å²) >= 11 is 1.72. The van der Waals surface area contributed by atoms with Gasteiger partial charge < -0.3 is 10.0 Å². The molecule has 6 heteroatoms. The van der Waals surface area contributed by atoms with Crippen molar-refractivity contribution >= 4 is 23.6 Å². The molecule has 1 aromatic rings. The Hall–Kier alpha value is -1.53. The predicted molar refractivity (Wildman–Crippen MR) is 101 cm³/mol. The SMILES string of the molecule is CSc1cccc(CN2C[C@H]3CN(C(=O)C4CCC4)C[C@@]3(C(=O)O)C2)c1. The largest absolute Gasteiger partial charge is 0.481 e. The van der Waals surface area contributed by atoms with Gasteiger partial charge in [-0.15, -0.1) is 11.8 Å². The van der Waals surface area contributed by atoms with Crippen LogP contribution in [0.25, 0.3) is 0 Å². The highest BCUT2D eigenvalue weighted by atomic mass is 32.2. The topological polar surface area (TPSA) is 60.9 Å². The van der Waals surface area contributed by atoms with Gasteiger partial charge in [0.15, 0.2) is 0 Å². The maximum absolute atomic E-state index is 12.6. The standard InChI is InChI=1S/C20H26N2O3S/c1-26-17-7-2-4-14(8-17)9-21-10-16-11-22(18(23)15-5-3-6-15)13-20(16,12-21)19(24)25/h2,4,7-8,15-16H,3,5-6,9-13H2,1H3,(H,24,25)/t16-,20-/m0/s1. The smallest absolute Gasteiger partial charge is 0.313 e. The number of aliphatic carboxylic acids is 1.